The number of carbonyl (C=O) groups is 2. The van der Waals surface area contributed by atoms with E-state index in [1.54, 1.807) is 19.2 Å². The van der Waals surface area contributed by atoms with Crippen LogP contribution in [-0.4, -0.2) is 30.9 Å². The second kappa shape index (κ2) is 6.48. The number of fused-ring (bicyclic) bond motifs is 1. The highest BCUT2D eigenvalue weighted by Gasteiger charge is 2.39. The van der Waals surface area contributed by atoms with Crippen LogP contribution in [0.4, 0.5) is 0 Å². The molecule has 0 saturated heterocycles. The van der Waals surface area contributed by atoms with Crippen LogP contribution in [0.1, 0.15) is 20.7 Å². The van der Waals surface area contributed by atoms with E-state index in [9.17, 15) is 9.59 Å². The largest absolute Gasteiger partial charge is 0.497 e. The van der Waals surface area contributed by atoms with Gasteiger partial charge in [-0.15, -0.1) is 0 Å². The van der Waals surface area contributed by atoms with Crippen LogP contribution >= 0.6 is 46.6 Å². The van der Waals surface area contributed by atoms with E-state index in [0.29, 0.717) is 10.6 Å². The molecule has 0 atom stereocenters. The Balaban J connectivity index is 2.11. The fourth-order valence-corrected chi connectivity index (χ4v) is 4.27. The van der Waals surface area contributed by atoms with Crippen LogP contribution in [0, 0.1) is 0 Å². The van der Waals surface area contributed by atoms with Crippen molar-refractivity contribution in [2.45, 2.75) is 9.79 Å². The number of methoxy groups -OCH3 is 1. The summed E-state index contributed by atoms with van der Waals surface area (Å²) in [5, 5.41) is 0.315. The highest BCUT2D eigenvalue weighted by Crippen LogP contribution is 2.48. The lowest BCUT2D eigenvalue weighted by Gasteiger charge is -2.12. The van der Waals surface area contributed by atoms with Gasteiger partial charge in [0.15, 0.2) is 0 Å². The first-order valence-corrected chi connectivity index (χ1v) is 8.66. The van der Waals surface area contributed by atoms with Gasteiger partial charge in [0.05, 0.1) is 38.2 Å². The molecule has 0 N–H and O–H groups in total. The zero-order valence-electron chi connectivity index (χ0n) is 12.5. The lowest BCUT2D eigenvalue weighted by Crippen LogP contribution is -2.24. The molecule has 3 rings (SSSR count). The topological polar surface area (TPSA) is 46.6 Å². The van der Waals surface area contributed by atoms with Crippen molar-refractivity contribution >= 4 is 58.4 Å². The number of nitrogens with zero attached hydrogens (tertiary/aromatic N) is 1. The molecule has 0 aliphatic carbocycles. The highest BCUT2D eigenvalue weighted by molar-refractivity contribution is 7.99. The molecule has 1 heterocycles. The summed E-state index contributed by atoms with van der Waals surface area (Å²) < 4.78 is 5.11. The molecule has 0 radical (unpaired) electrons. The van der Waals surface area contributed by atoms with Gasteiger partial charge in [0.25, 0.3) is 11.8 Å². The minimum atomic E-state index is -0.509. The van der Waals surface area contributed by atoms with E-state index in [0.717, 1.165) is 9.80 Å². The predicted molar refractivity (Wildman–Crippen MR) is 95.0 cm³/mol. The zero-order chi connectivity index (χ0) is 17.6. The first-order valence-electron chi connectivity index (χ1n) is 6.71. The molecule has 124 valence electrons. The number of benzene rings is 2. The summed E-state index contributed by atoms with van der Waals surface area (Å²) >= 11 is 20.2. The van der Waals surface area contributed by atoms with Gasteiger partial charge < -0.3 is 4.74 Å². The Morgan fingerprint density at radius 3 is 2.00 bits per heavy atom. The van der Waals surface area contributed by atoms with Gasteiger partial charge in [0.1, 0.15) is 5.75 Å². The van der Waals surface area contributed by atoms with Gasteiger partial charge in [-0.1, -0.05) is 46.6 Å². The monoisotopic (exact) mass is 401 g/mol. The van der Waals surface area contributed by atoms with Gasteiger partial charge in [-0.3, -0.25) is 14.5 Å². The van der Waals surface area contributed by atoms with Crippen molar-refractivity contribution in [3.63, 3.8) is 0 Å². The number of hydrogen-bond donors (Lipinski definition) is 0. The molecule has 2 amide bonds. The van der Waals surface area contributed by atoms with Crippen LogP contribution in [0.25, 0.3) is 0 Å². The van der Waals surface area contributed by atoms with Crippen molar-refractivity contribution in [2.24, 2.45) is 0 Å². The fraction of sp³-hybridized carbons (Fsp3) is 0.125. The van der Waals surface area contributed by atoms with Crippen molar-refractivity contribution in [1.82, 2.24) is 4.90 Å². The molecule has 0 unspecified atom stereocenters. The Morgan fingerprint density at radius 2 is 1.46 bits per heavy atom. The highest BCUT2D eigenvalue weighted by atomic mass is 35.5. The molecule has 4 nitrogen and oxygen atoms in total. The second-order valence-electron chi connectivity index (χ2n) is 4.97. The summed E-state index contributed by atoms with van der Waals surface area (Å²) in [7, 11) is 2.96. The quantitative estimate of drug-likeness (QED) is 0.533. The molecule has 0 bridgehead atoms. The number of ether oxygens (including phenoxy) is 1. The van der Waals surface area contributed by atoms with E-state index in [2.05, 4.69) is 0 Å². The molecule has 0 fully saturated rings. The Bertz CT molecular complexity index is 868. The Hall–Kier alpha value is -1.40. The number of carbonyl (C=O) groups excluding carboxylic acids is 2. The molecule has 2 aromatic rings. The van der Waals surface area contributed by atoms with Crippen molar-refractivity contribution in [2.75, 3.05) is 14.2 Å². The fourth-order valence-electron chi connectivity index (χ4n) is 2.32. The van der Waals surface area contributed by atoms with E-state index < -0.39 is 11.8 Å². The predicted octanol–water partition coefficient (Wildman–Crippen LogP) is 5.03. The summed E-state index contributed by atoms with van der Waals surface area (Å²) in [6.45, 7) is 0. The minimum Gasteiger partial charge on any atom is -0.497 e. The van der Waals surface area contributed by atoms with Crippen molar-refractivity contribution in [3.05, 3.63) is 50.5 Å². The molecule has 8 heteroatoms. The maximum Gasteiger partial charge on any atom is 0.262 e. The van der Waals surface area contributed by atoms with Gasteiger partial charge in [0, 0.05) is 11.9 Å². The second-order valence-corrected chi connectivity index (χ2v) is 7.19. The van der Waals surface area contributed by atoms with Gasteiger partial charge >= 0.3 is 0 Å². The van der Waals surface area contributed by atoms with E-state index in [1.165, 1.54) is 18.8 Å². The maximum atomic E-state index is 12.3. The number of amides is 2. The average Bonchev–Trinajstić information content (AvgIpc) is 2.81. The van der Waals surface area contributed by atoms with Crippen LogP contribution in [0.5, 0.6) is 5.75 Å². The molecule has 0 aromatic heterocycles. The van der Waals surface area contributed by atoms with E-state index in [4.69, 9.17) is 39.5 Å². The first-order chi connectivity index (χ1) is 11.4. The summed E-state index contributed by atoms with van der Waals surface area (Å²) in [4.78, 5) is 26.7. The average molecular weight is 403 g/mol. The molecule has 0 saturated carbocycles. The van der Waals surface area contributed by atoms with E-state index in [1.807, 2.05) is 12.1 Å². The van der Waals surface area contributed by atoms with Crippen molar-refractivity contribution < 1.29 is 14.3 Å². The number of hydrogen-bond acceptors (Lipinski definition) is 4. The van der Waals surface area contributed by atoms with E-state index in [-0.39, 0.29) is 26.2 Å². The molecule has 2 aromatic carbocycles. The SMILES string of the molecule is COc1ccc(Sc2c(Cl)c(Cl)c3c(c2Cl)C(=O)N(C)C3=O)cc1. The van der Waals surface area contributed by atoms with Crippen LogP contribution in [0.15, 0.2) is 34.1 Å². The van der Waals surface area contributed by atoms with Crippen LogP contribution in [0.3, 0.4) is 0 Å². The number of halogens is 3. The molecular weight excluding hydrogens is 393 g/mol. The molecule has 24 heavy (non-hydrogen) atoms. The van der Waals surface area contributed by atoms with Crippen LogP contribution < -0.4 is 4.74 Å². The zero-order valence-corrected chi connectivity index (χ0v) is 15.6. The van der Waals surface area contributed by atoms with Crippen molar-refractivity contribution in [1.29, 1.82) is 0 Å². The number of imide groups is 1. The third-order valence-corrected chi connectivity index (χ3v) is 6.17. The number of rotatable bonds is 3. The molecule has 1 aliphatic heterocycles. The minimum absolute atomic E-state index is 0.0368. The van der Waals surface area contributed by atoms with Gasteiger partial charge in [-0.05, 0) is 24.3 Å². The Kier molecular flexibility index (Phi) is 4.71. The normalized spacial score (nSPS) is 13.5. The maximum absolute atomic E-state index is 12.3. The van der Waals surface area contributed by atoms with E-state index >= 15 is 0 Å². The summed E-state index contributed by atoms with van der Waals surface area (Å²) in [5.74, 6) is -0.286. The van der Waals surface area contributed by atoms with Gasteiger partial charge in [0.2, 0.25) is 0 Å². The molecule has 0 spiro atoms. The summed E-state index contributed by atoms with van der Waals surface area (Å²) in [5.41, 5.74) is 0.146. The van der Waals surface area contributed by atoms with Crippen molar-refractivity contribution in [3.8, 4) is 5.75 Å². The lowest BCUT2D eigenvalue weighted by atomic mass is 10.1. The Labute approximate surface area is 157 Å². The third-order valence-electron chi connectivity index (χ3n) is 3.60. The molecule has 1 aliphatic rings. The van der Waals surface area contributed by atoms with Crippen LogP contribution in [-0.2, 0) is 0 Å². The van der Waals surface area contributed by atoms with Gasteiger partial charge in [-0.25, -0.2) is 0 Å². The Morgan fingerprint density at radius 1 is 0.917 bits per heavy atom. The van der Waals surface area contributed by atoms with Crippen LogP contribution in [0.2, 0.25) is 15.1 Å². The van der Waals surface area contributed by atoms with Gasteiger partial charge in [-0.2, -0.15) is 0 Å². The lowest BCUT2D eigenvalue weighted by molar-refractivity contribution is 0.0693. The summed E-state index contributed by atoms with van der Waals surface area (Å²) in [6, 6.07) is 7.25. The molecular formula is C16H10Cl3NO3S. The third kappa shape index (κ3) is 2.65. The first kappa shape index (κ1) is 17.4. The summed E-state index contributed by atoms with van der Waals surface area (Å²) in [6.07, 6.45) is 0. The smallest absolute Gasteiger partial charge is 0.262 e. The standard InChI is InChI=1S/C16H10Cl3NO3S/c1-20-15(21)9-10(16(20)22)12(18)14(13(19)11(9)17)24-8-5-3-7(23-2)4-6-8/h3-6H,1-2H3.